The quantitative estimate of drug-likeness (QED) is 0.825. The molecule has 1 aliphatic heterocycles. The summed E-state index contributed by atoms with van der Waals surface area (Å²) in [6, 6.07) is 14.6. The highest BCUT2D eigenvalue weighted by Crippen LogP contribution is 2.37. The van der Waals surface area contributed by atoms with Gasteiger partial charge in [0.1, 0.15) is 5.75 Å². The standard InChI is InChI=1S/C19H23NO3S/c1-3-23-16-10-12-17(13-11-16)24(21,22)20-14-6-9-19(20)18-8-5-4-7-15(18)2/h4-5,7-8,10-13,19H,3,6,9,14H2,1-2H3/t19-/m1/s1. The van der Waals surface area contributed by atoms with Crippen molar-refractivity contribution in [1.29, 1.82) is 0 Å². The maximum absolute atomic E-state index is 13.1. The lowest BCUT2D eigenvalue weighted by Crippen LogP contribution is -2.31. The topological polar surface area (TPSA) is 46.6 Å². The van der Waals surface area contributed by atoms with Crippen LogP contribution in [-0.2, 0) is 10.0 Å². The lowest BCUT2D eigenvalue weighted by molar-refractivity contribution is 0.340. The highest BCUT2D eigenvalue weighted by molar-refractivity contribution is 7.89. The van der Waals surface area contributed by atoms with Crippen molar-refractivity contribution in [2.24, 2.45) is 0 Å². The molecule has 0 unspecified atom stereocenters. The Kier molecular flexibility index (Phi) is 4.92. The van der Waals surface area contributed by atoms with Crippen molar-refractivity contribution in [1.82, 2.24) is 4.31 Å². The minimum Gasteiger partial charge on any atom is -0.494 e. The van der Waals surface area contributed by atoms with E-state index >= 15 is 0 Å². The number of ether oxygens (including phenoxy) is 1. The highest BCUT2D eigenvalue weighted by atomic mass is 32.2. The van der Waals surface area contributed by atoms with Crippen LogP contribution in [0.2, 0.25) is 0 Å². The highest BCUT2D eigenvalue weighted by Gasteiger charge is 2.36. The van der Waals surface area contributed by atoms with E-state index in [1.165, 1.54) is 0 Å². The van der Waals surface area contributed by atoms with E-state index in [2.05, 4.69) is 0 Å². The van der Waals surface area contributed by atoms with Crippen molar-refractivity contribution in [3.05, 3.63) is 59.7 Å². The van der Waals surface area contributed by atoms with Gasteiger partial charge in [0.2, 0.25) is 10.0 Å². The molecular weight excluding hydrogens is 322 g/mol. The zero-order valence-corrected chi connectivity index (χ0v) is 14.9. The van der Waals surface area contributed by atoms with Crippen LogP contribution in [0.15, 0.2) is 53.4 Å². The van der Waals surface area contributed by atoms with Crippen molar-refractivity contribution >= 4 is 10.0 Å². The third-order valence-electron chi connectivity index (χ3n) is 4.49. The summed E-state index contributed by atoms with van der Waals surface area (Å²) >= 11 is 0. The Balaban J connectivity index is 1.92. The van der Waals surface area contributed by atoms with Gasteiger partial charge in [0, 0.05) is 6.54 Å². The molecule has 2 aromatic rings. The van der Waals surface area contributed by atoms with Gasteiger partial charge in [-0.1, -0.05) is 24.3 Å². The Morgan fingerprint density at radius 1 is 1.12 bits per heavy atom. The van der Waals surface area contributed by atoms with E-state index in [-0.39, 0.29) is 6.04 Å². The molecule has 2 aromatic carbocycles. The van der Waals surface area contributed by atoms with Gasteiger partial charge in [-0.25, -0.2) is 8.42 Å². The largest absolute Gasteiger partial charge is 0.494 e. The van der Waals surface area contributed by atoms with Gasteiger partial charge in [0.15, 0.2) is 0 Å². The van der Waals surface area contributed by atoms with Crippen LogP contribution in [0, 0.1) is 6.92 Å². The van der Waals surface area contributed by atoms with Crippen molar-refractivity contribution in [2.45, 2.75) is 37.6 Å². The van der Waals surface area contributed by atoms with E-state index in [0.29, 0.717) is 23.8 Å². The lowest BCUT2D eigenvalue weighted by Gasteiger charge is -2.25. The molecule has 0 radical (unpaired) electrons. The van der Waals surface area contributed by atoms with Crippen LogP contribution in [0.3, 0.4) is 0 Å². The molecular formula is C19H23NO3S. The van der Waals surface area contributed by atoms with Crippen molar-refractivity contribution < 1.29 is 13.2 Å². The molecule has 0 N–H and O–H groups in total. The maximum Gasteiger partial charge on any atom is 0.243 e. The van der Waals surface area contributed by atoms with Crippen LogP contribution < -0.4 is 4.74 Å². The van der Waals surface area contributed by atoms with Crippen LogP contribution in [0.25, 0.3) is 0 Å². The number of rotatable bonds is 5. The van der Waals surface area contributed by atoms with Crippen LogP contribution >= 0.6 is 0 Å². The van der Waals surface area contributed by atoms with Crippen LogP contribution in [0.5, 0.6) is 5.75 Å². The molecule has 0 aliphatic carbocycles. The predicted molar refractivity (Wildman–Crippen MR) is 94.7 cm³/mol. The summed E-state index contributed by atoms with van der Waals surface area (Å²) in [5, 5.41) is 0. The predicted octanol–water partition coefficient (Wildman–Crippen LogP) is 3.92. The van der Waals surface area contributed by atoms with Gasteiger partial charge in [0.05, 0.1) is 17.5 Å². The van der Waals surface area contributed by atoms with Crippen molar-refractivity contribution in [2.75, 3.05) is 13.2 Å². The second-order valence-electron chi connectivity index (χ2n) is 6.03. The maximum atomic E-state index is 13.1. The molecule has 1 fully saturated rings. The van der Waals surface area contributed by atoms with Gasteiger partial charge in [-0.15, -0.1) is 0 Å². The summed E-state index contributed by atoms with van der Waals surface area (Å²) < 4.78 is 33.2. The third-order valence-corrected chi connectivity index (χ3v) is 6.41. The van der Waals surface area contributed by atoms with E-state index in [1.807, 2.05) is 38.1 Å². The third kappa shape index (κ3) is 3.19. The average molecular weight is 345 g/mol. The van der Waals surface area contributed by atoms with E-state index in [9.17, 15) is 8.42 Å². The van der Waals surface area contributed by atoms with Crippen LogP contribution in [0.4, 0.5) is 0 Å². The lowest BCUT2D eigenvalue weighted by atomic mass is 10.0. The Labute approximate surface area is 144 Å². The first-order chi connectivity index (χ1) is 11.5. The number of hydrogen-bond donors (Lipinski definition) is 0. The fourth-order valence-corrected chi connectivity index (χ4v) is 4.98. The number of hydrogen-bond acceptors (Lipinski definition) is 3. The van der Waals surface area contributed by atoms with E-state index in [1.54, 1.807) is 28.6 Å². The monoisotopic (exact) mass is 345 g/mol. The first-order valence-corrected chi connectivity index (χ1v) is 9.78. The molecule has 5 heteroatoms. The zero-order chi connectivity index (χ0) is 17.2. The molecule has 0 aromatic heterocycles. The summed E-state index contributed by atoms with van der Waals surface area (Å²) in [7, 11) is -3.51. The molecule has 1 heterocycles. The number of nitrogens with zero attached hydrogens (tertiary/aromatic N) is 1. The number of sulfonamides is 1. The average Bonchev–Trinajstić information content (AvgIpc) is 3.06. The van der Waals surface area contributed by atoms with Gasteiger partial charge < -0.3 is 4.74 Å². The van der Waals surface area contributed by atoms with Gasteiger partial charge in [-0.2, -0.15) is 4.31 Å². The smallest absolute Gasteiger partial charge is 0.243 e. The van der Waals surface area contributed by atoms with Crippen molar-refractivity contribution in [3.63, 3.8) is 0 Å². The van der Waals surface area contributed by atoms with Gasteiger partial charge in [0.25, 0.3) is 0 Å². The number of aryl methyl sites for hydroxylation is 1. The van der Waals surface area contributed by atoms with Crippen LogP contribution in [0.1, 0.15) is 36.9 Å². The molecule has 24 heavy (non-hydrogen) atoms. The van der Waals surface area contributed by atoms with Crippen molar-refractivity contribution in [3.8, 4) is 5.75 Å². The summed E-state index contributed by atoms with van der Waals surface area (Å²) in [5.74, 6) is 0.688. The minimum atomic E-state index is -3.51. The summed E-state index contributed by atoms with van der Waals surface area (Å²) in [4.78, 5) is 0.325. The van der Waals surface area contributed by atoms with E-state index in [0.717, 1.165) is 24.0 Å². The second kappa shape index (κ2) is 6.95. The molecule has 1 aliphatic rings. The number of benzene rings is 2. The SMILES string of the molecule is CCOc1ccc(S(=O)(=O)N2CCC[C@@H]2c2ccccc2C)cc1. The Hall–Kier alpha value is -1.85. The molecule has 4 nitrogen and oxygen atoms in total. The summed E-state index contributed by atoms with van der Waals surface area (Å²) in [6.07, 6.45) is 1.75. The first-order valence-electron chi connectivity index (χ1n) is 8.34. The molecule has 1 atom stereocenters. The molecule has 0 bridgehead atoms. The fourth-order valence-electron chi connectivity index (χ4n) is 3.31. The zero-order valence-electron chi connectivity index (χ0n) is 14.1. The van der Waals surface area contributed by atoms with E-state index < -0.39 is 10.0 Å². The Morgan fingerprint density at radius 3 is 2.50 bits per heavy atom. The first kappa shape index (κ1) is 17.0. The molecule has 3 rings (SSSR count). The molecule has 128 valence electrons. The van der Waals surface area contributed by atoms with Crippen LogP contribution in [-0.4, -0.2) is 25.9 Å². The Morgan fingerprint density at radius 2 is 1.83 bits per heavy atom. The molecule has 0 amide bonds. The van der Waals surface area contributed by atoms with E-state index in [4.69, 9.17) is 4.74 Å². The summed E-state index contributed by atoms with van der Waals surface area (Å²) in [6.45, 7) is 5.07. The van der Waals surface area contributed by atoms with Gasteiger partial charge >= 0.3 is 0 Å². The van der Waals surface area contributed by atoms with Gasteiger partial charge in [-0.05, 0) is 62.1 Å². The van der Waals surface area contributed by atoms with Gasteiger partial charge in [-0.3, -0.25) is 0 Å². The molecule has 0 saturated carbocycles. The minimum absolute atomic E-state index is 0.0808. The normalized spacial score (nSPS) is 18.7. The molecule has 0 spiro atoms. The second-order valence-corrected chi connectivity index (χ2v) is 7.93. The fraction of sp³-hybridized carbons (Fsp3) is 0.368. The summed E-state index contributed by atoms with van der Waals surface area (Å²) in [5.41, 5.74) is 2.24. The molecule has 1 saturated heterocycles. The Bertz CT molecular complexity index is 800.